The number of alkyl halides is 1. The van der Waals surface area contributed by atoms with Crippen molar-refractivity contribution >= 4 is 21.9 Å². The zero-order valence-corrected chi connectivity index (χ0v) is 8.87. The zero-order valence-electron chi connectivity index (χ0n) is 7.29. The highest BCUT2D eigenvalue weighted by molar-refractivity contribution is 9.08. The van der Waals surface area contributed by atoms with E-state index in [4.69, 9.17) is 0 Å². The van der Waals surface area contributed by atoms with E-state index in [0.717, 1.165) is 16.5 Å². The molecule has 70 valence electrons. The first-order valence-corrected chi connectivity index (χ1v) is 5.13. The molecule has 0 radical (unpaired) electrons. The SMILES string of the molecule is CC(C(=O)[O-])c1cccc(CBr)c1. The van der Waals surface area contributed by atoms with E-state index >= 15 is 0 Å². The highest BCUT2D eigenvalue weighted by Crippen LogP contribution is 2.17. The number of carboxylic acid groups (broad SMARTS) is 1. The molecule has 0 aliphatic rings. The highest BCUT2D eigenvalue weighted by atomic mass is 79.9. The minimum absolute atomic E-state index is 0.543. The summed E-state index contributed by atoms with van der Waals surface area (Å²) in [5.41, 5.74) is 1.86. The Hall–Kier alpha value is -0.830. The van der Waals surface area contributed by atoms with Gasteiger partial charge in [0.25, 0.3) is 0 Å². The van der Waals surface area contributed by atoms with Gasteiger partial charge in [0.1, 0.15) is 0 Å². The maximum atomic E-state index is 10.6. The largest absolute Gasteiger partial charge is 0.550 e. The van der Waals surface area contributed by atoms with Crippen LogP contribution in [0.3, 0.4) is 0 Å². The number of carboxylic acids is 1. The van der Waals surface area contributed by atoms with E-state index in [1.54, 1.807) is 13.0 Å². The van der Waals surface area contributed by atoms with Gasteiger partial charge in [-0.3, -0.25) is 0 Å². The van der Waals surface area contributed by atoms with Crippen LogP contribution in [0.25, 0.3) is 0 Å². The predicted molar refractivity (Wildman–Crippen MR) is 52.5 cm³/mol. The van der Waals surface area contributed by atoms with Crippen molar-refractivity contribution in [3.8, 4) is 0 Å². The quantitative estimate of drug-likeness (QED) is 0.752. The van der Waals surface area contributed by atoms with E-state index in [1.165, 1.54) is 0 Å². The zero-order chi connectivity index (χ0) is 9.84. The lowest BCUT2D eigenvalue weighted by molar-refractivity contribution is -0.307. The fourth-order valence-corrected chi connectivity index (χ4v) is 1.43. The smallest absolute Gasteiger partial charge is 0.0486 e. The number of halogens is 1. The van der Waals surface area contributed by atoms with Crippen molar-refractivity contribution in [1.29, 1.82) is 0 Å². The molecule has 3 heteroatoms. The Morgan fingerprint density at radius 3 is 2.85 bits per heavy atom. The Balaban J connectivity index is 2.94. The molecule has 0 heterocycles. The monoisotopic (exact) mass is 241 g/mol. The van der Waals surface area contributed by atoms with E-state index in [2.05, 4.69) is 15.9 Å². The lowest BCUT2D eigenvalue weighted by Crippen LogP contribution is -2.27. The van der Waals surface area contributed by atoms with Gasteiger partial charge in [0, 0.05) is 17.2 Å². The number of benzene rings is 1. The number of rotatable bonds is 3. The van der Waals surface area contributed by atoms with Crippen molar-refractivity contribution in [2.45, 2.75) is 18.2 Å². The summed E-state index contributed by atoms with van der Waals surface area (Å²) in [6.07, 6.45) is 0. The third kappa shape index (κ3) is 2.56. The molecule has 0 saturated carbocycles. The van der Waals surface area contributed by atoms with Crippen LogP contribution in [0.4, 0.5) is 0 Å². The predicted octanol–water partition coefficient (Wildman–Crippen LogP) is 1.43. The molecular formula is C10H10BrO2-. The van der Waals surface area contributed by atoms with Crippen LogP contribution in [0.15, 0.2) is 24.3 Å². The van der Waals surface area contributed by atoms with E-state index in [0.29, 0.717) is 0 Å². The Labute approximate surface area is 85.7 Å². The van der Waals surface area contributed by atoms with E-state index in [1.807, 2.05) is 18.2 Å². The van der Waals surface area contributed by atoms with Gasteiger partial charge in [0.15, 0.2) is 0 Å². The molecule has 1 atom stereocenters. The second-order valence-corrected chi connectivity index (χ2v) is 3.48. The van der Waals surface area contributed by atoms with Gasteiger partial charge < -0.3 is 9.90 Å². The van der Waals surface area contributed by atoms with Crippen LogP contribution in [0.1, 0.15) is 24.0 Å². The molecule has 1 rings (SSSR count). The van der Waals surface area contributed by atoms with Crippen LogP contribution >= 0.6 is 15.9 Å². The molecule has 13 heavy (non-hydrogen) atoms. The van der Waals surface area contributed by atoms with Gasteiger partial charge in [-0.2, -0.15) is 0 Å². The summed E-state index contributed by atoms with van der Waals surface area (Å²) < 4.78 is 0. The van der Waals surface area contributed by atoms with Crippen molar-refractivity contribution in [2.75, 3.05) is 0 Å². The molecule has 0 aromatic heterocycles. The molecule has 0 aliphatic carbocycles. The summed E-state index contributed by atoms with van der Waals surface area (Å²) in [4.78, 5) is 10.6. The molecule has 2 nitrogen and oxygen atoms in total. The molecule has 1 aromatic carbocycles. The lowest BCUT2D eigenvalue weighted by atomic mass is 10.00. The van der Waals surface area contributed by atoms with Crippen LogP contribution in [-0.4, -0.2) is 5.97 Å². The number of hydrogen-bond donors (Lipinski definition) is 0. The van der Waals surface area contributed by atoms with Crippen LogP contribution in [0.2, 0.25) is 0 Å². The minimum Gasteiger partial charge on any atom is -0.550 e. The van der Waals surface area contributed by atoms with Crippen LogP contribution in [0.5, 0.6) is 0 Å². The fourth-order valence-electron chi connectivity index (χ4n) is 1.08. The van der Waals surface area contributed by atoms with Gasteiger partial charge in [-0.1, -0.05) is 47.1 Å². The van der Waals surface area contributed by atoms with Crippen LogP contribution in [0, 0.1) is 0 Å². The minimum atomic E-state index is -1.04. The average molecular weight is 242 g/mol. The molecule has 1 aromatic rings. The summed E-state index contributed by atoms with van der Waals surface area (Å²) in [5, 5.41) is 11.3. The Morgan fingerprint density at radius 2 is 2.31 bits per heavy atom. The molecular weight excluding hydrogens is 232 g/mol. The van der Waals surface area contributed by atoms with Gasteiger partial charge in [-0.05, 0) is 11.1 Å². The molecule has 0 N–H and O–H groups in total. The number of carbonyl (C=O) groups is 1. The van der Waals surface area contributed by atoms with Gasteiger partial charge in [-0.15, -0.1) is 0 Å². The van der Waals surface area contributed by atoms with Crippen molar-refractivity contribution in [3.05, 3.63) is 35.4 Å². The third-order valence-corrected chi connectivity index (χ3v) is 2.61. The fraction of sp³-hybridized carbons (Fsp3) is 0.300. The summed E-state index contributed by atoms with van der Waals surface area (Å²) in [6.45, 7) is 1.63. The standard InChI is InChI=1S/C10H11BrO2/c1-7(10(12)13)9-4-2-3-8(5-9)6-11/h2-5,7H,6H2,1H3,(H,12,13)/p-1. The Kier molecular flexibility index (Phi) is 3.48. The number of hydrogen-bond acceptors (Lipinski definition) is 2. The molecule has 0 bridgehead atoms. The molecule has 0 spiro atoms. The third-order valence-electron chi connectivity index (χ3n) is 1.96. The van der Waals surface area contributed by atoms with E-state index < -0.39 is 11.9 Å². The van der Waals surface area contributed by atoms with Crippen molar-refractivity contribution in [1.82, 2.24) is 0 Å². The molecule has 0 fully saturated rings. The molecule has 0 saturated heterocycles. The molecule has 1 unspecified atom stereocenters. The summed E-state index contributed by atoms with van der Waals surface area (Å²) >= 11 is 3.31. The first kappa shape index (κ1) is 10.3. The van der Waals surface area contributed by atoms with Crippen LogP contribution in [-0.2, 0) is 10.1 Å². The number of aliphatic carboxylic acids is 1. The van der Waals surface area contributed by atoms with E-state index in [9.17, 15) is 9.90 Å². The summed E-state index contributed by atoms with van der Waals surface area (Å²) in [6, 6.07) is 7.47. The molecule has 0 aliphatic heterocycles. The van der Waals surface area contributed by atoms with Crippen LogP contribution < -0.4 is 5.11 Å². The van der Waals surface area contributed by atoms with Gasteiger partial charge >= 0.3 is 0 Å². The van der Waals surface area contributed by atoms with Gasteiger partial charge in [-0.25, -0.2) is 0 Å². The second kappa shape index (κ2) is 4.42. The first-order chi connectivity index (χ1) is 6.15. The lowest BCUT2D eigenvalue weighted by Gasteiger charge is -2.13. The normalized spacial score (nSPS) is 12.5. The summed E-state index contributed by atoms with van der Waals surface area (Å²) in [5.74, 6) is -1.58. The molecule has 0 amide bonds. The highest BCUT2D eigenvalue weighted by Gasteiger charge is 2.05. The van der Waals surface area contributed by atoms with Gasteiger partial charge in [0.05, 0.1) is 0 Å². The first-order valence-electron chi connectivity index (χ1n) is 4.01. The van der Waals surface area contributed by atoms with Crippen molar-refractivity contribution < 1.29 is 9.90 Å². The van der Waals surface area contributed by atoms with Gasteiger partial charge in [0.2, 0.25) is 0 Å². The van der Waals surface area contributed by atoms with Crippen molar-refractivity contribution in [3.63, 3.8) is 0 Å². The Bertz CT molecular complexity index is 310. The topological polar surface area (TPSA) is 40.1 Å². The maximum absolute atomic E-state index is 10.6. The van der Waals surface area contributed by atoms with E-state index in [-0.39, 0.29) is 0 Å². The second-order valence-electron chi connectivity index (χ2n) is 2.92. The average Bonchev–Trinajstić information content (AvgIpc) is 2.16. The number of carbonyl (C=O) groups excluding carboxylic acids is 1. The Morgan fingerprint density at radius 1 is 1.62 bits per heavy atom. The van der Waals surface area contributed by atoms with Crippen molar-refractivity contribution in [2.24, 2.45) is 0 Å². The summed E-state index contributed by atoms with van der Waals surface area (Å²) in [7, 11) is 0. The maximum Gasteiger partial charge on any atom is 0.0486 e.